The summed E-state index contributed by atoms with van der Waals surface area (Å²) in [5, 5.41) is 7.95. The minimum Gasteiger partial charge on any atom is -0.350 e. The zero-order valence-corrected chi connectivity index (χ0v) is 17.8. The fourth-order valence-corrected chi connectivity index (χ4v) is 5.03. The number of hydrogen-bond donors (Lipinski definition) is 2. The largest absolute Gasteiger partial charge is 0.350 e. The fraction of sp³-hybridized carbons (Fsp3) is 0.500. The second kappa shape index (κ2) is 7.64. The Labute approximate surface area is 179 Å². The van der Waals surface area contributed by atoms with E-state index < -0.39 is 0 Å². The first-order chi connectivity index (χ1) is 14.9. The third kappa shape index (κ3) is 3.56. The van der Waals surface area contributed by atoms with E-state index in [4.69, 9.17) is 0 Å². The van der Waals surface area contributed by atoms with Gasteiger partial charge >= 0.3 is 5.69 Å². The molecule has 8 nitrogen and oxygen atoms in total. The average Bonchev–Trinajstić information content (AvgIpc) is 3.34. The molecular formula is C22H27FN6O2. The molecule has 3 aromatic rings. The van der Waals surface area contributed by atoms with E-state index >= 15 is 0 Å². The molecule has 1 fully saturated rings. The molecule has 1 aliphatic carbocycles. The van der Waals surface area contributed by atoms with Crippen LogP contribution >= 0.6 is 0 Å². The lowest BCUT2D eigenvalue weighted by Crippen LogP contribution is -2.48. The molecule has 2 aromatic heterocycles. The van der Waals surface area contributed by atoms with Crippen LogP contribution < -0.4 is 11.0 Å². The van der Waals surface area contributed by atoms with Gasteiger partial charge < -0.3 is 10.3 Å². The number of aromatic nitrogens is 4. The lowest BCUT2D eigenvalue weighted by atomic mass is 9.89. The van der Waals surface area contributed by atoms with E-state index in [1.54, 1.807) is 23.7 Å². The van der Waals surface area contributed by atoms with Crippen molar-refractivity contribution in [1.29, 1.82) is 0 Å². The molecule has 9 heteroatoms. The third-order valence-electron chi connectivity index (χ3n) is 6.73. The summed E-state index contributed by atoms with van der Waals surface area (Å²) in [6.45, 7) is 4.01. The van der Waals surface area contributed by atoms with Crippen molar-refractivity contribution in [2.45, 2.75) is 57.8 Å². The first kappa shape index (κ1) is 20.0. The maximum Gasteiger partial charge on any atom is 0.345 e. The summed E-state index contributed by atoms with van der Waals surface area (Å²) in [4.78, 5) is 30.4. The van der Waals surface area contributed by atoms with Crippen LogP contribution in [0.1, 0.15) is 47.6 Å². The number of aromatic amines is 1. The van der Waals surface area contributed by atoms with E-state index in [-0.39, 0.29) is 23.5 Å². The van der Waals surface area contributed by atoms with Crippen LogP contribution in [0.25, 0.3) is 10.9 Å². The van der Waals surface area contributed by atoms with E-state index in [0.717, 1.165) is 43.6 Å². The zero-order chi connectivity index (χ0) is 21.7. The maximum atomic E-state index is 14.1. The number of nitrogens with zero attached hydrogens (tertiary/aromatic N) is 4. The van der Waals surface area contributed by atoms with Gasteiger partial charge in [0.2, 0.25) is 0 Å². The Hall–Kier alpha value is -2.94. The number of carbonyl (C=O) groups is 1. The Morgan fingerprint density at radius 1 is 1.29 bits per heavy atom. The summed E-state index contributed by atoms with van der Waals surface area (Å²) in [6.07, 6.45) is 3.89. The smallest absolute Gasteiger partial charge is 0.345 e. The Balaban J connectivity index is 1.27. The van der Waals surface area contributed by atoms with E-state index in [1.807, 2.05) is 6.92 Å². The van der Waals surface area contributed by atoms with Gasteiger partial charge in [0, 0.05) is 37.6 Å². The van der Waals surface area contributed by atoms with Crippen molar-refractivity contribution < 1.29 is 9.18 Å². The lowest BCUT2D eigenvalue weighted by molar-refractivity contribution is 0.0849. The first-order valence-electron chi connectivity index (χ1n) is 10.9. The Bertz CT molecular complexity index is 1170. The van der Waals surface area contributed by atoms with Gasteiger partial charge in [-0.3, -0.25) is 14.3 Å². The average molecular weight is 426 g/mol. The van der Waals surface area contributed by atoms with E-state index in [9.17, 15) is 14.0 Å². The number of hydrogen-bond acceptors (Lipinski definition) is 4. The van der Waals surface area contributed by atoms with Gasteiger partial charge in [0.05, 0.1) is 12.1 Å². The second-order valence-corrected chi connectivity index (χ2v) is 8.77. The SMILES string of the molecule is Cc1ccc(F)c2cc(C(=O)N[C@@H]3CCC[C@H](N4CCn5c(nn(C)c5=O)C4)C3)[nH]c12. The fourth-order valence-electron chi connectivity index (χ4n) is 5.03. The standard InChI is InChI=1S/C22H27FN6O2/c1-13-6-7-17(23)16-11-18(25-20(13)16)21(30)24-14-4-3-5-15(10-14)28-8-9-29-19(12-28)26-27(2)22(29)31/h6-7,11,14-15,25H,3-5,8-10,12H2,1-2H3,(H,24,30)/t14-,15+/m1/s1. The number of H-pyrrole nitrogens is 1. The molecule has 31 heavy (non-hydrogen) atoms. The molecule has 1 aromatic carbocycles. The molecule has 2 N–H and O–H groups in total. The van der Waals surface area contributed by atoms with Crippen molar-refractivity contribution in [1.82, 2.24) is 29.5 Å². The number of halogens is 1. The molecule has 0 spiro atoms. The van der Waals surface area contributed by atoms with Gasteiger partial charge in [-0.25, -0.2) is 13.9 Å². The topological polar surface area (TPSA) is 87.9 Å². The van der Waals surface area contributed by atoms with Crippen LogP contribution in [-0.2, 0) is 20.1 Å². The number of benzene rings is 1. The monoisotopic (exact) mass is 426 g/mol. The minimum absolute atomic E-state index is 0.0616. The molecule has 0 unspecified atom stereocenters. The number of rotatable bonds is 3. The molecular weight excluding hydrogens is 399 g/mol. The van der Waals surface area contributed by atoms with Crippen molar-refractivity contribution >= 4 is 16.8 Å². The van der Waals surface area contributed by atoms with Crippen LogP contribution in [0.4, 0.5) is 4.39 Å². The van der Waals surface area contributed by atoms with Gasteiger partial charge in [-0.05, 0) is 50.3 Å². The van der Waals surface area contributed by atoms with Crippen LogP contribution in [0.15, 0.2) is 23.0 Å². The van der Waals surface area contributed by atoms with E-state index in [2.05, 4.69) is 20.3 Å². The summed E-state index contributed by atoms with van der Waals surface area (Å²) in [5.74, 6) is 0.282. The highest BCUT2D eigenvalue weighted by Gasteiger charge is 2.31. The van der Waals surface area contributed by atoms with Gasteiger partial charge in [-0.15, -0.1) is 0 Å². The Morgan fingerprint density at radius 3 is 2.94 bits per heavy atom. The molecule has 2 atom stereocenters. The number of amides is 1. The van der Waals surface area contributed by atoms with Crippen LogP contribution in [0.2, 0.25) is 0 Å². The summed E-state index contributed by atoms with van der Waals surface area (Å²) in [5.41, 5.74) is 1.90. The number of aryl methyl sites for hydroxylation is 2. The molecule has 0 bridgehead atoms. The summed E-state index contributed by atoms with van der Waals surface area (Å²) in [6, 6.07) is 5.14. The van der Waals surface area contributed by atoms with Crippen molar-refractivity contribution in [3.05, 3.63) is 51.6 Å². The van der Waals surface area contributed by atoms with Gasteiger partial charge in [-0.2, -0.15) is 5.10 Å². The zero-order valence-electron chi connectivity index (χ0n) is 17.8. The van der Waals surface area contributed by atoms with Gasteiger partial charge in [-0.1, -0.05) is 6.07 Å². The normalized spacial score (nSPS) is 21.9. The van der Waals surface area contributed by atoms with E-state index in [0.29, 0.717) is 35.7 Å². The third-order valence-corrected chi connectivity index (χ3v) is 6.73. The molecule has 5 rings (SSSR count). The maximum absolute atomic E-state index is 14.1. The first-order valence-corrected chi connectivity index (χ1v) is 10.9. The number of carbonyl (C=O) groups excluding carboxylic acids is 1. The minimum atomic E-state index is -0.327. The predicted octanol–water partition coefficient (Wildman–Crippen LogP) is 2.07. The molecule has 3 heterocycles. The second-order valence-electron chi connectivity index (χ2n) is 8.77. The van der Waals surface area contributed by atoms with Gasteiger partial charge in [0.15, 0.2) is 0 Å². The molecule has 1 amide bonds. The van der Waals surface area contributed by atoms with Gasteiger partial charge in [0.1, 0.15) is 17.3 Å². The van der Waals surface area contributed by atoms with Crippen LogP contribution in [0.5, 0.6) is 0 Å². The van der Waals surface area contributed by atoms with Crippen LogP contribution in [-0.4, -0.2) is 48.8 Å². The molecule has 0 saturated heterocycles. The van der Waals surface area contributed by atoms with Crippen molar-refractivity contribution in [2.24, 2.45) is 7.05 Å². The molecule has 1 aliphatic heterocycles. The summed E-state index contributed by atoms with van der Waals surface area (Å²) < 4.78 is 17.2. The quantitative estimate of drug-likeness (QED) is 0.671. The molecule has 164 valence electrons. The highest BCUT2D eigenvalue weighted by molar-refractivity contribution is 5.99. The summed E-state index contributed by atoms with van der Waals surface area (Å²) >= 11 is 0. The van der Waals surface area contributed by atoms with Crippen molar-refractivity contribution in [3.8, 4) is 0 Å². The molecule has 2 aliphatic rings. The highest BCUT2D eigenvalue weighted by Crippen LogP contribution is 2.27. The highest BCUT2D eigenvalue weighted by atomic mass is 19.1. The van der Waals surface area contributed by atoms with E-state index in [1.165, 1.54) is 10.7 Å². The Kier molecular flexibility index (Phi) is 4.92. The van der Waals surface area contributed by atoms with Crippen molar-refractivity contribution in [2.75, 3.05) is 6.54 Å². The lowest BCUT2D eigenvalue weighted by Gasteiger charge is -2.39. The van der Waals surface area contributed by atoms with Gasteiger partial charge in [0.25, 0.3) is 5.91 Å². The van der Waals surface area contributed by atoms with Crippen molar-refractivity contribution in [3.63, 3.8) is 0 Å². The number of fused-ring (bicyclic) bond motifs is 2. The number of nitrogens with one attached hydrogen (secondary N) is 2. The van der Waals surface area contributed by atoms with Crippen LogP contribution in [0.3, 0.4) is 0 Å². The molecule has 1 saturated carbocycles. The Morgan fingerprint density at radius 2 is 2.13 bits per heavy atom. The predicted molar refractivity (Wildman–Crippen MR) is 114 cm³/mol. The molecule has 0 radical (unpaired) electrons. The van der Waals surface area contributed by atoms with Crippen LogP contribution in [0, 0.1) is 12.7 Å². The summed E-state index contributed by atoms with van der Waals surface area (Å²) in [7, 11) is 1.68.